The van der Waals surface area contributed by atoms with E-state index in [9.17, 15) is 27.9 Å². The Kier molecular flexibility index (Phi) is 13.7. The van der Waals surface area contributed by atoms with Crippen LogP contribution in [0, 0.1) is 5.41 Å². The van der Waals surface area contributed by atoms with Gasteiger partial charge in [0, 0.05) is 19.6 Å². The molecule has 1 aliphatic rings. The predicted molar refractivity (Wildman–Crippen MR) is 154 cm³/mol. The quantitative estimate of drug-likeness (QED) is 0.197. The number of carboxylic acid groups (broad SMARTS) is 1. The van der Waals surface area contributed by atoms with Crippen LogP contribution in [0.1, 0.15) is 38.3 Å². The Morgan fingerprint density at radius 2 is 1.72 bits per heavy atom. The summed E-state index contributed by atoms with van der Waals surface area (Å²) in [6.07, 6.45) is -3.21. The summed E-state index contributed by atoms with van der Waals surface area (Å²) < 4.78 is 43.0. The van der Waals surface area contributed by atoms with E-state index in [4.69, 9.17) is 19.4 Å². The number of rotatable bonds is 13. The third-order valence-electron chi connectivity index (χ3n) is 6.06. The molecular formula is C30H40F3N3O7. The number of anilines is 1. The fourth-order valence-corrected chi connectivity index (χ4v) is 4.09. The number of nitrogens with one attached hydrogen (secondary N) is 2. The molecule has 2 aromatic rings. The fraction of sp³-hybridized carbons (Fsp3) is 0.500. The number of ether oxygens (including phenoxy) is 2. The van der Waals surface area contributed by atoms with Gasteiger partial charge in [-0.3, -0.25) is 9.59 Å². The maximum Gasteiger partial charge on any atom is 0.490 e. The highest BCUT2D eigenvalue weighted by Crippen LogP contribution is 2.39. The zero-order valence-corrected chi connectivity index (χ0v) is 24.6. The highest BCUT2D eigenvalue weighted by atomic mass is 19.4. The highest BCUT2D eigenvalue weighted by Gasteiger charge is 2.38. The molecule has 0 radical (unpaired) electrons. The summed E-state index contributed by atoms with van der Waals surface area (Å²) in [5, 5.41) is 23.2. The minimum atomic E-state index is -5.08. The van der Waals surface area contributed by atoms with Crippen molar-refractivity contribution < 1.29 is 47.2 Å². The second-order valence-corrected chi connectivity index (χ2v) is 11.1. The van der Waals surface area contributed by atoms with Gasteiger partial charge in [0.05, 0.1) is 19.6 Å². The Labute approximate surface area is 249 Å². The molecule has 1 aliphatic heterocycles. The number of amides is 2. The lowest BCUT2D eigenvalue weighted by Crippen LogP contribution is -2.42. The van der Waals surface area contributed by atoms with E-state index >= 15 is 0 Å². The summed E-state index contributed by atoms with van der Waals surface area (Å²) in [6.45, 7) is 9.98. The summed E-state index contributed by atoms with van der Waals surface area (Å²) in [6, 6.07) is 13.6. The van der Waals surface area contributed by atoms with Crippen molar-refractivity contribution in [1.82, 2.24) is 10.2 Å². The number of aromatic hydroxyl groups is 1. The molecule has 0 bridgehead atoms. The van der Waals surface area contributed by atoms with Crippen molar-refractivity contribution in [2.24, 2.45) is 5.41 Å². The first-order chi connectivity index (χ1) is 20.2. The Bertz CT molecular complexity index is 1200. The lowest BCUT2D eigenvalue weighted by atomic mass is 9.96. The van der Waals surface area contributed by atoms with E-state index in [2.05, 4.69) is 43.5 Å². The number of carbonyl (C=O) groups is 3. The monoisotopic (exact) mass is 611 g/mol. The molecule has 0 aliphatic carbocycles. The first kappa shape index (κ1) is 35.4. The molecule has 43 heavy (non-hydrogen) atoms. The van der Waals surface area contributed by atoms with Crippen molar-refractivity contribution in [2.45, 2.75) is 46.2 Å². The first-order valence-electron chi connectivity index (χ1n) is 13.8. The summed E-state index contributed by atoms with van der Waals surface area (Å²) in [5.41, 5.74) is 2.46. The molecule has 238 valence electrons. The van der Waals surface area contributed by atoms with E-state index < -0.39 is 12.1 Å². The molecule has 4 N–H and O–H groups in total. The average molecular weight is 612 g/mol. The largest absolute Gasteiger partial charge is 0.506 e. The van der Waals surface area contributed by atoms with Crippen molar-refractivity contribution in [1.29, 1.82) is 0 Å². The van der Waals surface area contributed by atoms with Crippen LogP contribution in [0.3, 0.4) is 0 Å². The highest BCUT2D eigenvalue weighted by molar-refractivity contribution is 5.97. The maximum atomic E-state index is 12.9. The van der Waals surface area contributed by atoms with Gasteiger partial charge in [-0.25, -0.2) is 4.79 Å². The Morgan fingerprint density at radius 1 is 1.05 bits per heavy atom. The van der Waals surface area contributed by atoms with Crippen LogP contribution in [0.2, 0.25) is 0 Å². The van der Waals surface area contributed by atoms with Crippen LogP contribution < -0.4 is 15.4 Å². The van der Waals surface area contributed by atoms with Crippen molar-refractivity contribution >= 4 is 23.5 Å². The summed E-state index contributed by atoms with van der Waals surface area (Å²) >= 11 is 0. The molecule has 0 atom stereocenters. The van der Waals surface area contributed by atoms with Gasteiger partial charge in [-0.2, -0.15) is 13.2 Å². The predicted octanol–water partition coefficient (Wildman–Crippen LogP) is 4.01. The first-order valence-corrected chi connectivity index (χ1v) is 13.8. The molecule has 2 aromatic carbocycles. The Hall–Kier alpha value is -3.84. The van der Waals surface area contributed by atoms with Gasteiger partial charge in [0.15, 0.2) is 12.4 Å². The smallest absolute Gasteiger partial charge is 0.490 e. The number of phenolic OH excluding ortho intramolecular Hbond substituents is 1. The number of carboxylic acids is 1. The molecule has 0 unspecified atom stereocenters. The molecule has 0 saturated heterocycles. The van der Waals surface area contributed by atoms with Crippen LogP contribution in [-0.2, 0) is 32.0 Å². The second-order valence-electron chi connectivity index (χ2n) is 11.1. The minimum Gasteiger partial charge on any atom is -0.506 e. The molecule has 0 aromatic heterocycles. The van der Waals surface area contributed by atoms with Crippen molar-refractivity contribution in [3.8, 4) is 11.5 Å². The normalized spacial score (nSPS) is 12.7. The fourth-order valence-electron chi connectivity index (χ4n) is 4.09. The number of fused-ring (bicyclic) bond motifs is 1. The molecule has 2 amide bonds. The van der Waals surface area contributed by atoms with Gasteiger partial charge in [0.2, 0.25) is 5.91 Å². The van der Waals surface area contributed by atoms with Crippen LogP contribution in [0.5, 0.6) is 11.5 Å². The van der Waals surface area contributed by atoms with E-state index in [1.165, 1.54) is 5.56 Å². The second kappa shape index (κ2) is 16.7. The molecular weight excluding hydrogens is 571 g/mol. The minimum absolute atomic E-state index is 0.00327. The number of alkyl halides is 3. The van der Waals surface area contributed by atoms with E-state index in [0.29, 0.717) is 63.7 Å². The van der Waals surface area contributed by atoms with Crippen LogP contribution >= 0.6 is 0 Å². The van der Waals surface area contributed by atoms with Gasteiger partial charge in [-0.15, -0.1) is 0 Å². The Morgan fingerprint density at radius 3 is 2.35 bits per heavy atom. The zero-order chi connectivity index (χ0) is 32.0. The van der Waals surface area contributed by atoms with Gasteiger partial charge < -0.3 is 35.2 Å². The lowest BCUT2D eigenvalue weighted by Gasteiger charge is -2.30. The molecule has 13 heteroatoms. The number of halogens is 3. The number of hydrogen-bond donors (Lipinski definition) is 4. The number of benzene rings is 2. The molecule has 0 spiro atoms. The van der Waals surface area contributed by atoms with Gasteiger partial charge in [-0.05, 0) is 42.0 Å². The van der Waals surface area contributed by atoms with E-state index in [0.717, 1.165) is 12.0 Å². The van der Waals surface area contributed by atoms with E-state index in [1.54, 1.807) is 12.1 Å². The van der Waals surface area contributed by atoms with Crippen molar-refractivity contribution in [3.05, 3.63) is 53.6 Å². The molecule has 0 saturated carbocycles. The number of hydrogen-bond acceptors (Lipinski definition) is 7. The van der Waals surface area contributed by atoms with Crippen molar-refractivity contribution in [2.75, 3.05) is 51.3 Å². The maximum absolute atomic E-state index is 12.9. The third kappa shape index (κ3) is 13.3. The van der Waals surface area contributed by atoms with Gasteiger partial charge >= 0.3 is 12.1 Å². The van der Waals surface area contributed by atoms with Gasteiger partial charge in [0.25, 0.3) is 5.91 Å². The summed E-state index contributed by atoms with van der Waals surface area (Å²) in [5.74, 6) is -2.42. The zero-order valence-electron chi connectivity index (χ0n) is 24.6. The lowest BCUT2D eigenvalue weighted by molar-refractivity contribution is -0.192. The van der Waals surface area contributed by atoms with Crippen molar-refractivity contribution in [3.63, 3.8) is 0 Å². The van der Waals surface area contributed by atoms with Gasteiger partial charge in [-0.1, -0.05) is 57.2 Å². The van der Waals surface area contributed by atoms with Crippen LogP contribution in [-0.4, -0.2) is 85.1 Å². The molecule has 0 fully saturated rings. The number of nitrogens with zero attached hydrogens (tertiary/aromatic N) is 1. The number of carbonyl (C=O) groups excluding carboxylic acids is 2. The summed E-state index contributed by atoms with van der Waals surface area (Å²) in [4.78, 5) is 35.3. The summed E-state index contributed by atoms with van der Waals surface area (Å²) in [7, 11) is 0. The van der Waals surface area contributed by atoms with Gasteiger partial charge in [0.1, 0.15) is 11.4 Å². The molecule has 3 rings (SSSR count). The molecule has 1 heterocycles. The van der Waals surface area contributed by atoms with Crippen LogP contribution in [0.15, 0.2) is 42.5 Å². The molecule has 10 nitrogen and oxygen atoms in total. The van der Waals surface area contributed by atoms with Crippen LogP contribution in [0.4, 0.5) is 18.9 Å². The Balaban J connectivity index is 0.000000821. The number of phenols is 1. The SMILES string of the molecule is CC(C)(C)CN(CCNCCc1ccc(O)c2c1OCC(=O)N2)C(=O)CCOCCc1ccccc1.O=C(O)C(F)(F)F. The average Bonchev–Trinajstić information content (AvgIpc) is 2.93. The standard InChI is InChI=1S/C28H39N3O5.C2HF3O2/c1-28(2,3)20-31(25(34)13-18-35-17-12-21-7-5-4-6-8-21)16-15-29-14-11-22-9-10-23(32)26-27(22)36-19-24(33)30-26;3-2(4,5)1(6)7/h4-10,29,32H,11-20H2,1-3H3,(H,30,33);(H,6,7). The van der Waals surface area contributed by atoms with E-state index in [-0.39, 0.29) is 29.6 Å². The topological polar surface area (TPSA) is 137 Å². The van der Waals surface area contributed by atoms with Crippen LogP contribution in [0.25, 0.3) is 0 Å². The number of aliphatic carboxylic acids is 1. The third-order valence-corrected chi connectivity index (χ3v) is 6.06. The van der Waals surface area contributed by atoms with E-state index in [1.807, 2.05) is 23.1 Å².